The second-order valence-electron chi connectivity index (χ2n) is 9.99. The number of rotatable bonds is 6. The van der Waals surface area contributed by atoms with Gasteiger partial charge in [-0.2, -0.15) is 15.1 Å². The van der Waals surface area contributed by atoms with Crippen molar-refractivity contribution in [1.29, 1.82) is 0 Å². The van der Waals surface area contributed by atoms with E-state index in [9.17, 15) is 4.79 Å². The summed E-state index contributed by atoms with van der Waals surface area (Å²) in [6.45, 7) is 7.27. The van der Waals surface area contributed by atoms with Crippen LogP contribution in [-0.4, -0.2) is 94.9 Å². The first kappa shape index (κ1) is 23.0. The topological polar surface area (TPSA) is 82.9 Å². The Bertz CT molecular complexity index is 1240. The van der Waals surface area contributed by atoms with Crippen LogP contribution in [0.4, 0.5) is 11.8 Å². The summed E-state index contributed by atoms with van der Waals surface area (Å²) in [7, 11) is 3.65. The summed E-state index contributed by atoms with van der Waals surface area (Å²) in [6.07, 6.45) is 3.15. The molecule has 0 radical (unpaired) electrons. The summed E-state index contributed by atoms with van der Waals surface area (Å²) in [5.74, 6) is 2.84. The maximum atomic E-state index is 12.6. The van der Waals surface area contributed by atoms with Gasteiger partial charge in [-0.1, -0.05) is 12.1 Å². The number of hydrogen-bond donors (Lipinski definition) is 0. The van der Waals surface area contributed by atoms with E-state index in [4.69, 9.17) is 19.8 Å². The first-order chi connectivity index (χ1) is 17.6. The Balaban J connectivity index is 1.21. The summed E-state index contributed by atoms with van der Waals surface area (Å²) in [4.78, 5) is 31.5. The van der Waals surface area contributed by atoms with Gasteiger partial charge in [0.25, 0.3) is 0 Å². The number of hydrogen-bond acceptors (Lipinski definition) is 8. The fraction of sp³-hybridized carbons (Fsp3) is 0.538. The molecule has 0 saturated carbocycles. The van der Waals surface area contributed by atoms with Gasteiger partial charge in [-0.05, 0) is 30.5 Å². The molecule has 190 valence electrons. The number of aryl methyl sites for hydroxylation is 1. The van der Waals surface area contributed by atoms with Crippen LogP contribution in [0.3, 0.4) is 0 Å². The van der Waals surface area contributed by atoms with Crippen LogP contribution in [0.1, 0.15) is 24.1 Å². The lowest BCUT2D eigenvalue weighted by Gasteiger charge is -2.35. The van der Waals surface area contributed by atoms with Gasteiger partial charge < -0.3 is 19.4 Å². The highest BCUT2D eigenvalue weighted by molar-refractivity contribution is 5.92. The lowest BCUT2D eigenvalue weighted by molar-refractivity contribution is -0.131. The first-order valence-electron chi connectivity index (χ1n) is 13.0. The molecule has 3 aliphatic rings. The number of amides is 1. The molecule has 36 heavy (non-hydrogen) atoms. The minimum atomic E-state index is 0.264. The number of benzene rings is 1. The molecule has 0 aliphatic carbocycles. The largest absolute Gasteiger partial charge is 0.497 e. The van der Waals surface area contributed by atoms with Gasteiger partial charge in [0.2, 0.25) is 11.9 Å². The predicted octanol–water partition coefficient (Wildman–Crippen LogP) is 1.68. The molecule has 3 aliphatic heterocycles. The van der Waals surface area contributed by atoms with Crippen LogP contribution >= 0.6 is 0 Å². The molecule has 2 fully saturated rings. The summed E-state index contributed by atoms with van der Waals surface area (Å²) < 4.78 is 7.21. The number of anilines is 2. The predicted molar refractivity (Wildman–Crippen MR) is 139 cm³/mol. The average Bonchev–Trinajstić information content (AvgIpc) is 3.56. The van der Waals surface area contributed by atoms with Gasteiger partial charge >= 0.3 is 0 Å². The van der Waals surface area contributed by atoms with Crippen molar-refractivity contribution in [2.45, 2.75) is 25.8 Å². The number of aromatic nitrogens is 4. The molecule has 0 bridgehead atoms. The highest BCUT2D eigenvalue weighted by Gasteiger charge is 2.29. The third-order valence-corrected chi connectivity index (χ3v) is 7.65. The van der Waals surface area contributed by atoms with Crippen molar-refractivity contribution in [3.63, 3.8) is 0 Å². The molecule has 5 heterocycles. The quantitative estimate of drug-likeness (QED) is 0.516. The van der Waals surface area contributed by atoms with Crippen molar-refractivity contribution in [3.05, 3.63) is 35.5 Å². The smallest absolute Gasteiger partial charge is 0.236 e. The van der Waals surface area contributed by atoms with Gasteiger partial charge in [0, 0.05) is 65.8 Å². The molecule has 3 aromatic rings. The molecule has 1 aromatic carbocycles. The zero-order chi connectivity index (χ0) is 24.6. The van der Waals surface area contributed by atoms with Crippen molar-refractivity contribution in [1.82, 2.24) is 29.5 Å². The maximum Gasteiger partial charge on any atom is 0.236 e. The lowest BCUT2D eigenvalue weighted by Crippen LogP contribution is -2.50. The van der Waals surface area contributed by atoms with E-state index in [1.165, 1.54) is 5.56 Å². The second-order valence-corrected chi connectivity index (χ2v) is 9.99. The van der Waals surface area contributed by atoms with E-state index >= 15 is 0 Å². The first-order valence-corrected chi connectivity index (χ1v) is 13.0. The third-order valence-electron chi connectivity index (χ3n) is 7.65. The molecule has 10 nitrogen and oxygen atoms in total. The molecule has 2 aromatic heterocycles. The van der Waals surface area contributed by atoms with Crippen molar-refractivity contribution in [2.24, 2.45) is 7.05 Å². The van der Waals surface area contributed by atoms with Crippen LogP contribution in [0.15, 0.2) is 24.3 Å². The Morgan fingerprint density at radius 1 is 0.972 bits per heavy atom. The Morgan fingerprint density at radius 3 is 2.44 bits per heavy atom. The Labute approximate surface area is 211 Å². The van der Waals surface area contributed by atoms with E-state index in [1.54, 1.807) is 7.11 Å². The van der Waals surface area contributed by atoms with E-state index < -0.39 is 0 Å². The molecule has 0 atom stereocenters. The number of methoxy groups -OCH3 is 1. The summed E-state index contributed by atoms with van der Waals surface area (Å²) in [5.41, 5.74) is 3.18. The van der Waals surface area contributed by atoms with Crippen molar-refractivity contribution >= 4 is 28.7 Å². The van der Waals surface area contributed by atoms with Crippen molar-refractivity contribution in [2.75, 3.05) is 69.3 Å². The third kappa shape index (κ3) is 4.34. The van der Waals surface area contributed by atoms with Gasteiger partial charge in [-0.15, -0.1) is 0 Å². The number of ether oxygens (including phenoxy) is 1. The Kier molecular flexibility index (Phi) is 6.12. The van der Waals surface area contributed by atoms with E-state index in [0.717, 1.165) is 106 Å². The van der Waals surface area contributed by atoms with Crippen LogP contribution in [0.25, 0.3) is 11.0 Å². The van der Waals surface area contributed by atoms with Gasteiger partial charge in [-0.25, -0.2) is 4.68 Å². The van der Waals surface area contributed by atoms with E-state index in [2.05, 4.69) is 26.8 Å². The van der Waals surface area contributed by atoms with E-state index in [0.29, 0.717) is 6.54 Å². The lowest BCUT2D eigenvalue weighted by atomic mass is 10.1. The molecule has 0 N–H and O–H groups in total. The fourth-order valence-corrected chi connectivity index (χ4v) is 5.56. The Morgan fingerprint density at radius 2 is 1.72 bits per heavy atom. The summed E-state index contributed by atoms with van der Waals surface area (Å²) in [5, 5.41) is 5.82. The molecule has 10 heteroatoms. The molecular weight excluding hydrogens is 456 g/mol. The monoisotopic (exact) mass is 490 g/mol. The highest BCUT2D eigenvalue weighted by atomic mass is 16.5. The molecular formula is C26H34N8O2. The molecule has 0 unspecified atom stereocenters. The van der Waals surface area contributed by atoms with Crippen LogP contribution in [0.2, 0.25) is 0 Å². The maximum absolute atomic E-state index is 12.6. The normalized spacial score (nSPS) is 18.3. The minimum Gasteiger partial charge on any atom is -0.497 e. The standard InChI is InChI=1S/C26H34N8O2/c1-30-24-23-21(29-30)9-12-34(17-19-5-7-20(36-2)8-6-19)25(23)28-26(27-24)33-15-13-31(14-16-33)18-22(35)32-10-3-4-11-32/h5-8H,3-4,9-18H2,1-2H3. The number of carbonyl (C=O) groups is 1. The summed E-state index contributed by atoms with van der Waals surface area (Å²) in [6, 6.07) is 8.23. The zero-order valence-corrected chi connectivity index (χ0v) is 21.2. The van der Waals surface area contributed by atoms with E-state index in [1.807, 2.05) is 28.8 Å². The summed E-state index contributed by atoms with van der Waals surface area (Å²) >= 11 is 0. The zero-order valence-electron chi connectivity index (χ0n) is 21.2. The molecule has 6 rings (SSSR count). The number of carbonyl (C=O) groups excluding carboxylic acids is 1. The number of piperazine rings is 1. The van der Waals surface area contributed by atoms with Crippen LogP contribution in [0, 0.1) is 0 Å². The van der Waals surface area contributed by atoms with E-state index in [-0.39, 0.29) is 5.91 Å². The van der Waals surface area contributed by atoms with Gasteiger partial charge in [0.1, 0.15) is 11.6 Å². The van der Waals surface area contributed by atoms with Crippen molar-refractivity contribution in [3.8, 4) is 5.75 Å². The minimum absolute atomic E-state index is 0.264. The average molecular weight is 491 g/mol. The van der Waals surface area contributed by atoms with Gasteiger partial charge in [-0.3, -0.25) is 9.69 Å². The highest BCUT2D eigenvalue weighted by Crippen LogP contribution is 2.34. The van der Waals surface area contributed by atoms with Gasteiger partial charge in [0.05, 0.1) is 24.7 Å². The SMILES string of the molecule is COc1ccc(CN2CCc3nn(C)c4nc(N5CCN(CC(=O)N6CCCC6)CC5)nc2c34)cc1. The number of nitrogens with zero attached hydrogens (tertiary/aromatic N) is 8. The number of likely N-dealkylation sites (tertiary alicyclic amines) is 1. The van der Waals surface area contributed by atoms with Crippen LogP contribution in [0.5, 0.6) is 5.75 Å². The van der Waals surface area contributed by atoms with Crippen molar-refractivity contribution < 1.29 is 9.53 Å². The van der Waals surface area contributed by atoms with Gasteiger partial charge in [0.15, 0.2) is 5.65 Å². The van der Waals surface area contributed by atoms with Crippen LogP contribution < -0.4 is 14.5 Å². The van der Waals surface area contributed by atoms with Crippen LogP contribution in [-0.2, 0) is 24.8 Å². The second kappa shape index (κ2) is 9.57. The molecule has 0 spiro atoms. The molecule has 1 amide bonds. The Hall–Kier alpha value is -3.40. The molecule has 2 saturated heterocycles. The fourth-order valence-electron chi connectivity index (χ4n) is 5.56.